The molecule has 0 bridgehead atoms. The average molecular weight is 345 g/mol. The van der Waals surface area contributed by atoms with E-state index >= 15 is 0 Å². The zero-order chi connectivity index (χ0) is 17.3. The zero-order valence-corrected chi connectivity index (χ0v) is 15.0. The van der Waals surface area contributed by atoms with E-state index < -0.39 is 0 Å². The normalized spacial score (nSPS) is 25.3. The first-order valence-corrected chi connectivity index (χ1v) is 9.28. The summed E-state index contributed by atoms with van der Waals surface area (Å²) in [5.74, 6) is 2.81. The van der Waals surface area contributed by atoms with Crippen LogP contribution in [0.5, 0.6) is 11.5 Å². The lowest BCUT2D eigenvalue weighted by atomic mass is 10.0. The van der Waals surface area contributed by atoms with Gasteiger partial charge in [0.15, 0.2) is 11.5 Å². The third-order valence-electron chi connectivity index (χ3n) is 4.79. The number of nitrogens with one attached hydrogen (secondary N) is 1. The van der Waals surface area contributed by atoms with Crippen LogP contribution in [-0.2, 0) is 9.57 Å². The van der Waals surface area contributed by atoms with E-state index in [4.69, 9.17) is 19.0 Å². The number of hydrogen-bond acceptors (Lipinski definition) is 5. The second-order valence-electron chi connectivity index (χ2n) is 7.75. The molecule has 0 amide bonds. The minimum Gasteiger partial charge on any atom is -0.489 e. The van der Waals surface area contributed by atoms with E-state index in [1.165, 1.54) is 12.8 Å². The Morgan fingerprint density at radius 3 is 2.84 bits per heavy atom. The van der Waals surface area contributed by atoms with Gasteiger partial charge in [-0.05, 0) is 49.0 Å². The Hall–Kier alpha value is -1.72. The number of rotatable bonds is 7. The van der Waals surface area contributed by atoms with Crippen molar-refractivity contribution < 1.29 is 19.0 Å². The van der Waals surface area contributed by atoms with Crippen LogP contribution in [-0.4, -0.2) is 32.0 Å². The molecule has 5 heteroatoms. The molecule has 1 atom stereocenters. The SMILES string of the molecule is CC(C)COc1cc(C2=CC3(CCOC3)ON2)ccc1OCC1CC1. The van der Waals surface area contributed by atoms with Crippen LogP contribution in [0.4, 0.5) is 0 Å². The minimum absolute atomic E-state index is 0.324. The highest BCUT2D eigenvalue weighted by Crippen LogP contribution is 2.37. The van der Waals surface area contributed by atoms with Gasteiger partial charge in [0.1, 0.15) is 5.60 Å². The van der Waals surface area contributed by atoms with Crippen molar-refractivity contribution >= 4 is 5.70 Å². The van der Waals surface area contributed by atoms with E-state index in [0.717, 1.165) is 42.4 Å². The molecule has 0 radical (unpaired) electrons. The van der Waals surface area contributed by atoms with Crippen molar-refractivity contribution in [2.45, 2.75) is 38.7 Å². The Balaban J connectivity index is 1.54. The fraction of sp³-hybridized carbons (Fsp3) is 0.600. The van der Waals surface area contributed by atoms with Gasteiger partial charge in [0.2, 0.25) is 0 Å². The molecule has 2 fully saturated rings. The molecule has 1 saturated heterocycles. The molecule has 0 aromatic heterocycles. The van der Waals surface area contributed by atoms with Gasteiger partial charge in [-0.2, -0.15) is 0 Å². The lowest BCUT2D eigenvalue weighted by Crippen LogP contribution is -2.29. The largest absolute Gasteiger partial charge is 0.489 e. The van der Waals surface area contributed by atoms with E-state index in [0.29, 0.717) is 25.0 Å². The van der Waals surface area contributed by atoms with E-state index in [-0.39, 0.29) is 5.60 Å². The number of hydrogen-bond donors (Lipinski definition) is 1. The predicted octanol–water partition coefficient (Wildman–Crippen LogP) is 3.55. The highest BCUT2D eigenvalue weighted by atomic mass is 16.7. The molecule has 5 nitrogen and oxygen atoms in total. The Labute approximate surface area is 149 Å². The minimum atomic E-state index is -0.324. The molecule has 2 heterocycles. The Kier molecular flexibility index (Phi) is 4.61. The van der Waals surface area contributed by atoms with Crippen molar-refractivity contribution in [1.82, 2.24) is 5.48 Å². The van der Waals surface area contributed by atoms with Crippen molar-refractivity contribution in [3.63, 3.8) is 0 Å². The number of hydroxylamine groups is 1. The van der Waals surface area contributed by atoms with Gasteiger partial charge in [0, 0.05) is 18.6 Å². The molecule has 136 valence electrons. The first kappa shape index (κ1) is 16.7. The van der Waals surface area contributed by atoms with Gasteiger partial charge in [-0.15, -0.1) is 0 Å². The standard InChI is InChI=1S/C20H27NO4/c1-14(2)11-23-19-9-16(5-6-18(19)24-12-15-3-4-15)17-10-20(25-21-17)7-8-22-13-20/h5-6,9-10,14-15,21H,3-4,7-8,11-13H2,1-2H3. The average Bonchev–Trinajstić information content (AvgIpc) is 3.17. The molecule has 1 saturated carbocycles. The lowest BCUT2D eigenvalue weighted by molar-refractivity contribution is -0.0373. The molecular formula is C20H27NO4. The summed E-state index contributed by atoms with van der Waals surface area (Å²) in [6.45, 7) is 7.08. The first-order chi connectivity index (χ1) is 12.1. The smallest absolute Gasteiger partial charge is 0.161 e. The van der Waals surface area contributed by atoms with E-state index in [2.05, 4.69) is 31.5 Å². The van der Waals surface area contributed by atoms with Gasteiger partial charge >= 0.3 is 0 Å². The second kappa shape index (κ2) is 6.89. The Bertz CT molecular complexity index is 645. The second-order valence-corrected chi connectivity index (χ2v) is 7.75. The number of benzene rings is 1. The predicted molar refractivity (Wildman–Crippen MR) is 95.4 cm³/mol. The van der Waals surface area contributed by atoms with Gasteiger partial charge < -0.3 is 14.2 Å². The molecule has 1 N–H and O–H groups in total. The number of ether oxygens (including phenoxy) is 3. The molecular weight excluding hydrogens is 318 g/mol. The summed E-state index contributed by atoms with van der Waals surface area (Å²) in [7, 11) is 0. The molecule has 1 aromatic carbocycles. The summed E-state index contributed by atoms with van der Waals surface area (Å²) in [4.78, 5) is 5.78. The molecule has 1 aromatic rings. The van der Waals surface area contributed by atoms with Crippen LogP contribution >= 0.6 is 0 Å². The van der Waals surface area contributed by atoms with Crippen LogP contribution < -0.4 is 15.0 Å². The topological polar surface area (TPSA) is 49.0 Å². The lowest BCUT2D eigenvalue weighted by Gasteiger charge is -2.16. The summed E-state index contributed by atoms with van der Waals surface area (Å²) in [5.41, 5.74) is 4.75. The van der Waals surface area contributed by atoms with Crippen molar-refractivity contribution in [2.75, 3.05) is 26.4 Å². The summed E-state index contributed by atoms with van der Waals surface area (Å²) in [6, 6.07) is 6.11. The van der Waals surface area contributed by atoms with Crippen LogP contribution in [0, 0.1) is 11.8 Å². The molecule has 4 rings (SSSR count). The van der Waals surface area contributed by atoms with Gasteiger partial charge in [-0.25, -0.2) is 0 Å². The maximum absolute atomic E-state index is 6.02. The van der Waals surface area contributed by atoms with Crippen LogP contribution in [0.25, 0.3) is 5.70 Å². The monoisotopic (exact) mass is 345 g/mol. The molecule has 3 aliphatic rings. The van der Waals surface area contributed by atoms with Crippen LogP contribution in [0.3, 0.4) is 0 Å². The zero-order valence-electron chi connectivity index (χ0n) is 15.0. The van der Waals surface area contributed by atoms with Crippen molar-refractivity contribution in [1.29, 1.82) is 0 Å². The molecule has 1 unspecified atom stereocenters. The summed E-state index contributed by atoms with van der Waals surface area (Å²) in [5, 5.41) is 0. The quantitative estimate of drug-likeness (QED) is 0.819. The van der Waals surface area contributed by atoms with Gasteiger partial charge in [-0.3, -0.25) is 10.3 Å². The summed E-state index contributed by atoms with van der Waals surface area (Å²) in [6.07, 6.45) is 5.56. The summed E-state index contributed by atoms with van der Waals surface area (Å²) >= 11 is 0. The fourth-order valence-corrected chi connectivity index (χ4v) is 3.03. The van der Waals surface area contributed by atoms with Crippen LogP contribution in [0.1, 0.15) is 38.7 Å². The molecule has 25 heavy (non-hydrogen) atoms. The van der Waals surface area contributed by atoms with Crippen molar-refractivity contribution in [3.8, 4) is 11.5 Å². The Morgan fingerprint density at radius 1 is 1.24 bits per heavy atom. The Morgan fingerprint density at radius 2 is 2.12 bits per heavy atom. The van der Waals surface area contributed by atoms with Crippen LogP contribution in [0.15, 0.2) is 24.3 Å². The molecule has 1 spiro atoms. The first-order valence-electron chi connectivity index (χ1n) is 9.28. The third kappa shape index (κ3) is 3.93. The highest BCUT2D eigenvalue weighted by Gasteiger charge is 2.39. The fourth-order valence-electron chi connectivity index (χ4n) is 3.03. The highest BCUT2D eigenvalue weighted by molar-refractivity contribution is 5.68. The van der Waals surface area contributed by atoms with Crippen LogP contribution in [0.2, 0.25) is 0 Å². The molecule has 1 aliphatic carbocycles. The van der Waals surface area contributed by atoms with Gasteiger partial charge in [0.25, 0.3) is 0 Å². The van der Waals surface area contributed by atoms with Gasteiger partial charge in [-0.1, -0.05) is 13.8 Å². The van der Waals surface area contributed by atoms with E-state index in [1.54, 1.807) is 0 Å². The third-order valence-corrected chi connectivity index (χ3v) is 4.79. The van der Waals surface area contributed by atoms with E-state index in [9.17, 15) is 0 Å². The van der Waals surface area contributed by atoms with Gasteiger partial charge in [0.05, 0.1) is 25.5 Å². The maximum atomic E-state index is 6.02. The van der Waals surface area contributed by atoms with E-state index in [1.807, 2.05) is 12.1 Å². The summed E-state index contributed by atoms with van der Waals surface area (Å²) < 4.78 is 17.5. The molecule has 2 aliphatic heterocycles. The maximum Gasteiger partial charge on any atom is 0.161 e. The van der Waals surface area contributed by atoms with Crippen molar-refractivity contribution in [2.24, 2.45) is 11.8 Å². The van der Waals surface area contributed by atoms with Crippen molar-refractivity contribution in [3.05, 3.63) is 29.8 Å².